The molecule has 0 atom stereocenters. The van der Waals surface area contributed by atoms with Gasteiger partial charge < -0.3 is 23.7 Å². The zero-order chi connectivity index (χ0) is 19.0. The van der Waals surface area contributed by atoms with Gasteiger partial charge in [-0.1, -0.05) is 19.2 Å². The van der Waals surface area contributed by atoms with Crippen molar-refractivity contribution in [1.82, 2.24) is 0 Å². The molecule has 0 aliphatic rings. The van der Waals surface area contributed by atoms with E-state index in [9.17, 15) is 9.59 Å². The highest BCUT2D eigenvalue weighted by Crippen LogP contribution is 2.19. The molecule has 0 aliphatic carbocycles. The number of hydrogen-bond donors (Lipinski definition) is 0. The molecular weight excluding hydrogens is 340 g/mol. The molecule has 0 heterocycles. The number of esters is 2. The molecule has 26 heavy (non-hydrogen) atoms. The smallest absolute Gasteiger partial charge is 0.330 e. The van der Waals surface area contributed by atoms with Gasteiger partial charge in [0.25, 0.3) is 0 Å². The molecule has 1 rings (SSSR count). The molecule has 1 aromatic carbocycles. The number of ether oxygens (including phenoxy) is 5. The van der Waals surface area contributed by atoms with Gasteiger partial charge in [-0.25, -0.2) is 9.59 Å². The van der Waals surface area contributed by atoms with Crippen LogP contribution < -0.4 is 9.47 Å². The molecule has 0 aliphatic heterocycles. The lowest BCUT2D eigenvalue weighted by molar-refractivity contribution is -0.139. The Morgan fingerprint density at radius 2 is 1.38 bits per heavy atom. The molecular formula is C19H24O7. The first kappa shape index (κ1) is 21.2. The maximum atomic E-state index is 10.9. The lowest BCUT2D eigenvalue weighted by Crippen LogP contribution is -2.11. The average molecular weight is 364 g/mol. The van der Waals surface area contributed by atoms with Crippen LogP contribution in [0.15, 0.2) is 49.6 Å². The van der Waals surface area contributed by atoms with E-state index in [4.69, 9.17) is 23.7 Å². The molecule has 0 saturated carbocycles. The van der Waals surface area contributed by atoms with Crippen molar-refractivity contribution in [2.75, 3.05) is 39.6 Å². The van der Waals surface area contributed by atoms with Crippen molar-refractivity contribution in [2.24, 2.45) is 0 Å². The minimum Gasteiger partial charge on any atom is -0.491 e. The van der Waals surface area contributed by atoms with Gasteiger partial charge in [-0.3, -0.25) is 0 Å². The topological polar surface area (TPSA) is 80.3 Å². The fraction of sp³-hybridized carbons (Fsp3) is 0.368. The van der Waals surface area contributed by atoms with Crippen LogP contribution in [0.5, 0.6) is 11.5 Å². The average Bonchev–Trinajstić information content (AvgIpc) is 2.67. The normalized spacial score (nSPS) is 9.85. The summed E-state index contributed by atoms with van der Waals surface area (Å²) in [6.07, 6.45) is 2.84. The van der Waals surface area contributed by atoms with Crippen molar-refractivity contribution in [3.63, 3.8) is 0 Å². The summed E-state index contributed by atoms with van der Waals surface area (Å²) in [4.78, 5) is 21.7. The van der Waals surface area contributed by atoms with Crippen LogP contribution >= 0.6 is 0 Å². The summed E-state index contributed by atoms with van der Waals surface area (Å²) in [7, 11) is 0. The standard InChI is InChI=1S/C19H24O7/c1-3-18(20)25-10-6-9-22-11-12-23-16-7-5-8-17(15-16)24-13-14-26-19(21)4-2/h3-5,7-8,15H,1-2,6,9-14H2. The fourth-order valence-electron chi connectivity index (χ4n) is 1.73. The second-order valence-electron chi connectivity index (χ2n) is 4.88. The number of benzene rings is 1. The maximum Gasteiger partial charge on any atom is 0.330 e. The van der Waals surface area contributed by atoms with Crippen LogP contribution in [0.1, 0.15) is 6.42 Å². The number of hydrogen-bond acceptors (Lipinski definition) is 7. The number of carbonyl (C=O) groups is 2. The van der Waals surface area contributed by atoms with E-state index in [1.54, 1.807) is 24.3 Å². The molecule has 7 nitrogen and oxygen atoms in total. The molecule has 0 bridgehead atoms. The van der Waals surface area contributed by atoms with Gasteiger partial charge in [0.2, 0.25) is 0 Å². The lowest BCUT2D eigenvalue weighted by Gasteiger charge is -2.10. The molecule has 1 aromatic rings. The van der Waals surface area contributed by atoms with E-state index in [0.29, 0.717) is 44.3 Å². The van der Waals surface area contributed by atoms with Gasteiger partial charge in [-0.2, -0.15) is 0 Å². The van der Waals surface area contributed by atoms with Gasteiger partial charge in [0.05, 0.1) is 13.2 Å². The summed E-state index contributed by atoms with van der Waals surface area (Å²) in [5.41, 5.74) is 0. The highest BCUT2D eigenvalue weighted by molar-refractivity contribution is 5.81. The predicted octanol–water partition coefficient (Wildman–Crippen LogP) is 2.31. The zero-order valence-corrected chi connectivity index (χ0v) is 14.7. The summed E-state index contributed by atoms with van der Waals surface area (Å²) in [5, 5.41) is 0. The Balaban J connectivity index is 2.12. The van der Waals surface area contributed by atoms with E-state index in [2.05, 4.69) is 13.2 Å². The summed E-state index contributed by atoms with van der Waals surface area (Å²) in [6, 6.07) is 7.13. The van der Waals surface area contributed by atoms with E-state index >= 15 is 0 Å². The van der Waals surface area contributed by atoms with Crippen molar-refractivity contribution in [3.05, 3.63) is 49.6 Å². The molecule has 7 heteroatoms. The quantitative estimate of drug-likeness (QED) is 0.285. The van der Waals surface area contributed by atoms with Crippen molar-refractivity contribution in [2.45, 2.75) is 6.42 Å². The van der Waals surface area contributed by atoms with Crippen LogP contribution in [0.4, 0.5) is 0 Å². The van der Waals surface area contributed by atoms with Gasteiger partial charge in [-0.05, 0) is 12.1 Å². The molecule has 0 aromatic heterocycles. The van der Waals surface area contributed by atoms with E-state index in [-0.39, 0.29) is 13.2 Å². The van der Waals surface area contributed by atoms with Gasteiger partial charge in [0.15, 0.2) is 0 Å². The van der Waals surface area contributed by atoms with Crippen molar-refractivity contribution in [3.8, 4) is 11.5 Å². The van der Waals surface area contributed by atoms with E-state index in [1.165, 1.54) is 0 Å². The van der Waals surface area contributed by atoms with E-state index < -0.39 is 11.9 Å². The van der Waals surface area contributed by atoms with Crippen LogP contribution in [0.2, 0.25) is 0 Å². The zero-order valence-electron chi connectivity index (χ0n) is 14.7. The van der Waals surface area contributed by atoms with E-state index in [1.807, 2.05) is 0 Å². The van der Waals surface area contributed by atoms with Crippen LogP contribution in [0, 0.1) is 0 Å². The van der Waals surface area contributed by atoms with Gasteiger partial charge >= 0.3 is 11.9 Å². The third-order valence-corrected chi connectivity index (χ3v) is 2.91. The molecule has 0 saturated heterocycles. The minimum atomic E-state index is -0.482. The highest BCUT2D eigenvalue weighted by atomic mass is 16.6. The lowest BCUT2D eigenvalue weighted by atomic mass is 10.3. The third-order valence-electron chi connectivity index (χ3n) is 2.91. The summed E-state index contributed by atoms with van der Waals surface area (Å²) in [5.74, 6) is 0.343. The van der Waals surface area contributed by atoms with Gasteiger partial charge in [-0.15, -0.1) is 0 Å². The second-order valence-corrected chi connectivity index (χ2v) is 4.88. The SMILES string of the molecule is C=CC(=O)OCCCOCCOc1cccc(OCCOC(=O)C=C)c1. The van der Waals surface area contributed by atoms with E-state index in [0.717, 1.165) is 12.2 Å². The molecule has 0 unspecified atom stereocenters. The highest BCUT2D eigenvalue weighted by Gasteiger charge is 2.00. The molecule has 0 radical (unpaired) electrons. The Morgan fingerprint density at radius 1 is 0.808 bits per heavy atom. The first-order chi connectivity index (χ1) is 12.7. The first-order valence-electron chi connectivity index (χ1n) is 8.17. The van der Waals surface area contributed by atoms with Crippen LogP contribution in [-0.4, -0.2) is 51.6 Å². The predicted molar refractivity (Wildman–Crippen MR) is 95.2 cm³/mol. The first-order valence-corrected chi connectivity index (χ1v) is 8.17. The van der Waals surface area contributed by atoms with Gasteiger partial charge in [0, 0.05) is 31.2 Å². The number of rotatable bonds is 14. The Morgan fingerprint density at radius 3 is 2.00 bits per heavy atom. The van der Waals surface area contributed by atoms with Crippen LogP contribution in [0.25, 0.3) is 0 Å². The monoisotopic (exact) mass is 364 g/mol. The maximum absolute atomic E-state index is 10.9. The second kappa shape index (κ2) is 13.5. The van der Waals surface area contributed by atoms with Crippen LogP contribution in [0.3, 0.4) is 0 Å². The minimum absolute atomic E-state index is 0.145. The Kier molecular flexibility index (Phi) is 11.0. The molecule has 0 fully saturated rings. The number of carbonyl (C=O) groups excluding carboxylic acids is 2. The molecule has 142 valence electrons. The summed E-state index contributed by atoms with van der Waals surface area (Å²) < 4.78 is 26.1. The largest absolute Gasteiger partial charge is 0.491 e. The Labute approximate surface area is 153 Å². The molecule has 0 N–H and O–H groups in total. The summed E-state index contributed by atoms with van der Waals surface area (Å²) in [6.45, 7) is 8.57. The summed E-state index contributed by atoms with van der Waals surface area (Å²) >= 11 is 0. The van der Waals surface area contributed by atoms with Crippen molar-refractivity contribution < 1.29 is 33.3 Å². The van der Waals surface area contributed by atoms with Crippen molar-refractivity contribution >= 4 is 11.9 Å². The van der Waals surface area contributed by atoms with Crippen molar-refractivity contribution in [1.29, 1.82) is 0 Å². The third kappa shape index (κ3) is 10.1. The Bertz CT molecular complexity index is 583. The fourth-order valence-corrected chi connectivity index (χ4v) is 1.73. The molecule has 0 amide bonds. The van der Waals surface area contributed by atoms with Gasteiger partial charge in [0.1, 0.15) is 31.3 Å². The Hall–Kier alpha value is -2.80. The molecule has 0 spiro atoms. The van der Waals surface area contributed by atoms with Crippen LogP contribution in [-0.2, 0) is 23.8 Å².